The van der Waals surface area contributed by atoms with Crippen LogP contribution < -0.4 is 59.1 Å². The third kappa shape index (κ3) is 7.25. The fourth-order valence-electron chi connectivity index (χ4n) is 0.341. The van der Waals surface area contributed by atoms with Crippen molar-refractivity contribution in [3.05, 3.63) is 0 Å². The molecule has 8 heteroatoms. The predicted molar refractivity (Wildman–Crippen MR) is 32.3 cm³/mol. The van der Waals surface area contributed by atoms with E-state index in [1.54, 1.807) is 0 Å². The minimum Gasteiger partial charge on any atom is -0.748 e. The monoisotopic (exact) mass is 215 g/mol. The summed E-state index contributed by atoms with van der Waals surface area (Å²) in [5.41, 5.74) is 0. The molecule has 5 nitrogen and oxygen atoms in total. The molecule has 0 rings (SSSR count). The first kappa shape index (κ1) is 19.4. The summed E-state index contributed by atoms with van der Waals surface area (Å²) in [6.45, 7) is 0.325. The number of aliphatic hydroxyl groups is 2. The maximum atomic E-state index is 10.1. The maximum absolute atomic E-state index is 10.1. The van der Waals surface area contributed by atoms with Gasteiger partial charge in [-0.1, -0.05) is 0 Å². The van der Waals surface area contributed by atoms with E-state index in [0.717, 1.165) is 6.92 Å². The third-order valence-corrected chi connectivity index (χ3v) is 2.41. The van der Waals surface area contributed by atoms with Gasteiger partial charge in [0.2, 0.25) is 0 Å². The Bertz CT molecular complexity index is 192. The van der Waals surface area contributed by atoms with Gasteiger partial charge in [-0.2, -0.15) is 0 Å². The van der Waals surface area contributed by atoms with Crippen molar-refractivity contribution in [2.45, 2.75) is 18.3 Å². The van der Waals surface area contributed by atoms with Crippen LogP contribution in [-0.4, -0.2) is 41.1 Å². The summed E-state index contributed by atoms with van der Waals surface area (Å²) in [5, 5.41) is 15.4. The molecule has 0 radical (unpaired) electrons. The van der Waals surface area contributed by atoms with Crippen LogP contribution in [0.2, 0.25) is 0 Å². The quantitative estimate of drug-likeness (QED) is 0.360. The molecule has 0 spiro atoms. The largest absolute Gasteiger partial charge is 1.00 e. The van der Waals surface area contributed by atoms with Crippen LogP contribution in [0.5, 0.6) is 0 Å². The summed E-state index contributed by atoms with van der Waals surface area (Å²) >= 11 is 0. The second-order valence-electron chi connectivity index (χ2n) is 1.95. The maximum Gasteiger partial charge on any atom is 1.00 e. The van der Waals surface area contributed by atoms with E-state index in [-0.39, 0.29) is 59.1 Å². The molecule has 2 atom stereocenters. The molecule has 62 valence electrons. The van der Waals surface area contributed by atoms with E-state index in [4.69, 9.17) is 10.2 Å². The van der Waals surface area contributed by atoms with Gasteiger partial charge in [0.05, 0.1) is 28.1 Å². The summed E-state index contributed by atoms with van der Waals surface area (Å²) in [4.78, 5) is 0. The molecule has 0 aromatic carbocycles. The van der Waals surface area contributed by atoms with Crippen molar-refractivity contribution >= 4 is 10.1 Å². The van der Waals surface area contributed by atoms with E-state index in [1.807, 2.05) is 0 Å². The topological polar surface area (TPSA) is 97.7 Å². The zero-order valence-corrected chi connectivity index (χ0v) is 12.2. The van der Waals surface area contributed by atoms with Crippen LogP contribution in [0.25, 0.3) is 0 Å². The molecule has 12 heavy (non-hydrogen) atoms. The van der Waals surface area contributed by atoms with E-state index in [9.17, 15) is 13.0 Å². The summed E-state index contributed by atoms with van der Waals surface area (Å²) in [7, 11) is -4.47. The average molecular weight is 215 g/mol. The van der Waals surface area contributed by atoms with Crippen LogP contribution in [0.3, 0.4) is 0 Å². The fourth-order valence-corrected chi connectivity index (χ4v) is 0.812. The molecule has 0 bridgehead atoms. The Kier molecular flexibility index (Phi) is 13.2. The van der Waals surface area contributed by atoms with Gasteiger partial charge in [0.25, 0.3) is 0 Å². The molecule has 2 N–H and O–H groups in total. The summed E-state index contributed by atoms with van der Waals surface area (Å²) < 4.78 is 30.3. The van der Waals surface area contributed by atoms with Crippen LogP contribution in [-0.2, 0) is 10.1 Å². The van der Waals surface area contributed by atoms with Gasteiger partial charge < -0.3 is 14.8 Å². The second-order valence-corrected chi connectivity index (χ2v) is 3.68. The molecular weight excluding hydrogens is 206 g/mol. The molecule has 0 fully saturated rings. The minimum atomic E-state index is -4.47. The van der Waals surface area contributed by atoms with Crippen molar-refractivity contribution in [2.24, 2.45) is 0 Å². The number of hydrogen-bond acceptors (Lipinski definition) is 5. The van der Waals surface area contributed by atoms with E-state index < -0.39 is 28.1 Å². The first-order valence-corrected chi connectivity index (χ1v) is 4.10. The first-order valence-electron chi connectivity index (χ1n) is 2.63. The molecule has 2 unspecified atom stereocenters. The minimum absolute atomic E-state index is 0. The van der Waals surface area contributed by atoms with Crippen LogP contribution in [0.4, 0.5) is 0 Å². The molecular formula is C4H9Na2O5S+. The average Bonchev–Trinajstić information content (AvgIpc) is 1.83. The Hall–Kier alpha value is 1.83. The van der Waals surface area contributed by atoms with Gasteiger partial charge in [0.15, 0.2) is 0 Å². The molecule has 0 aliphatic carbocycles. The Labute approximate surface area is 116 Å². The van der Waals surface area contributed by atoms with Crippen molar-refractivity contribution in [1.29, 1.82) is 0 Å². The van der Waals surface area contributed by atoms with Crippen LogP contribution in [0.1, 0.15) is 6.92 Å². The van der Waals surface area contributed by atoms with Gasteiger partial charge in [0.1, 0.15) is 0 Å². The van der Waals surface area contributed by atoms with E-state index in [2.05, 4.69) is 0 Å². The van der Waals surface area contributed by atoms with E-state index >= 15 is 0 Å². The van der Waals surface area contributed by atoms with Crippen LogP contribution in [0.15, 0.2) is 0 Å². The fraction of sp³-hybridized carbons (Fsp3) is 1.00. The Morgan fingerprint density at radius 3 is 1.83 bits per heavy atom. The zero-order valence-electron chi connectivity index (χ0n) is 7.39. The number of rotatable bonds is 3. The molecule has 0 aliphatic rings. The van der Waals surface area contributed by atoms with Gasteiger partial charge in [-0.15, -0.1) is 0 Å². The van der Waals surface area contributed by atoms with Gasteiger partial charge >= 0.3 is 59.1 Å². The van der Waals surface area contributed by atoms with Crippen molar-refractivity contribution < 1.29 is 82.3 Å². The summed E-state index contributed by atoms with van der Waals surface area (Å²) in [6, 6.07) is 0. The zero-order chi connectivity index (χ0) is 8.36. The van der Waals surface area contributed by atoms with Crippen molar-refractivity contribution in [3.8, 4) is 0 Å². The van der Waals surface area contributed by atoms with Crippen molar-refractivity contribution in [2.75, 3.05) is 6.61 Å². The van der Waals surface area contributed by atoms with Gasteiger partial charge in [-0.05, 0) is 6.92 Å². The first-order chi connectivity index (χ1) is 4.39. The Morgan fingerprint density at radius 1 is 1.42 bits per heavy atom. The van der Waals surface area contributed by atoms with Gasteiger partial charge in [-0.25, -0.2) is 8.42 Å². The van der Waals surface area contributed by atoms with E-state index in [0.29, 0.717) is 0 Å². The van der Waals surface area contributed by atoms with Gasteiger partial charge in [-0.3, -0.25) is 0 Å². The SMILES string of the molecule is CC(C(O)CO)S(=O)(=O)[O-].[Na+].[Na+]. The number of aliphatic hydroxyl groups excluding tert-OH is 2. The van der Waals surface area contributed by atoms with E-state index in [1.165, 1.54) is 0 Å². The Morgan fingerprint density at radius 2 is 1.75 bits per heavy atom. The molecule has 0 saturated carbocycles. The smallest absolute Gasteiger partial charge is 0.748 e. The molecule has 0 aliphatic heterocycles. The molecule has 0 heterocycles. The van der Waals surface area contributed by atoms with Crippen LogP contribution in [0, 0.1) is 0 Å². The molecule has 0 aromatic rings. The third-order valence-electron chi connectivity index (χ3n) is 1.18. The standard InChI is InChI=1S/C4H10O5S.2Na/c1-3(4(6)2-5)10(7,8)9;;/h3-6H,2H2,1H3,(H,7,8,9);;/q;2*+1/p-1. The molecule has 0 amide bonds. The molecule has 0 saturated heterocycles. The summed E-state index contributed by atoms with van der Waals surface area (Å²) in [5.74, 6) is 0. The van der Waals surface area contributed by atoms with Gasteiger partial charge in [0, 0.05) is 0 Å². The van der Waals surface area contributed by atoms with Crippen molar-refractivity contribution in [3.63, 3.8) is 0 Å². The second kappa shape index (κ2) is 8.16. The summed E-state index contributed by atoms with van der Waals surface area (Å²) in [6.07, 6.45) is -1.48. The number of hydrogen-bond donors (Lipinski definition) is 2. The Balaban J connectivity index is -0.000000405. The normalized spacial score (nSPS) is 15.3. The predicted octanol–water partition coefficient (Wildman–Crippen LogP) is -7.72. The van der Waals surface area contributed by atoms with Crippen molar-refractivity contribution in [1.82, 2.24) is 0 Å². The van der Waals surface area contributed by atoms with Crippen LogP contribution >= 0.6 is 0 Å². The molecule has 0 aromatic heterocycles.